The Bertz CT molecular complexity index is 486. The van der Waals surface area contributed by atoms with Crippen LogP contribution in [0.1, 0.15) is 18.3 Å². The van der Waals surface area contributed by atoms with E-state index >= 15 is 0 Å². The number of rotatable bonds is 6. The highest BCUT2D eigenvalue weighted by molar-refractivity contribution is 5.04. The van der Waals surface area contributed by atoms with E-state index in [4.69, 9.17) is 0 Å². The Morgan fingerprint density at radius 2 is 2.17 bits per heavy atom. The van der Waals surface area contributed by atoms with Crippen molar-refractivity contribution in [2.45, 2.75) is 26.4 Å². The molecule has 98 valence electrons. The van der Waals surface area contributed by atoms with E-state index in [-0.39, 0.29) is 0 Å². The van der Waals surface area contributed by atoms with Gasteiger partial charge >= 0.3 is 0 Å². The third-order valence-corrected chi connectivity index (χ3v) is 2.95. The SMILES string of the molecule is CCn1ncnc1CN(C)CCc1cnn(C)c1. The van der Waals surface area contributed by atoms with Crippen LogP contribution in [0, 0.1) is 0 Å². The van der Waals surface area contributed by atoms with Crippen molar-refractivity contribution in [1.82, 2.24) is 29.4 Å². The fraction of sp³-hybridized carbons (Fsp3) is 0.583. The summed E-state index contributed by atoms with van der Waals surface area (Å²) in [6, 6.07) is 0. The highest BCUT2D eigenvalue weighted by Crippen LogP contribution is 2.02. The first-order valence-electron chi connectivity index (χ1n) is 6.21. The summed E-state index contributed by atoms with van der Waals surface area (Å²) in [6.45, 7) is 4.76. The molecule has 0 aromatic carbocycles. The van der Waals surface area contributed by atoms with Crippen molar-refractivity contribution in [2.75, 3.05) is 13.6 Å². The second-order valence-electron chi connectivity index (χ2n) is 4.50. The first kappa shape index (κ1) is 12.8. The first-order valence-corrected chi connectivity index (χ1v) is 6.21. The fourth-order valence-corrected chi connectivity index (χ4v) is 1.92. The lowest BCUT2D eigenvalue weighted by atomic mass is 10.2. The molecule has 0 saturated carbocycles. The molecule has 0 radical (unpaired) electrons. The molecule has 0 aliphatic heterocycles. The number of nitrogens with zero attached hydrogens (tertiary/aromatic N) is 6. The van der Waals surface area contributed by atoms with Crippen LogP contribution in [0.2, 0.25) is 0 Å². The van der Waals surface area contributed by atoms with Gasteiger partial charge in [0.1, 0.15) is 12.2 Å². The molecule has 0 saturated heterocycles. The third-order valence-electron chi connectivity index (χ3n) is 2.95. The van der Waals surface area contributed by atoms with Gasteiger partial charge in [0.05, 0.1) is 12.7 Å². The van der Waals surface area contributed by atoms with Crippen LogP contribution in [0.5, 0.6) is 0 Å². The Morgan fingerprint density at radius 3 is 2.83 bits per heavy atom. The Hall–Kier alpha value is -1.69. The summed E-state index contributed by atoms with van der Waals surface area (Å²) in [5.41, 5.74) is 1.27. The third kappa shape index (κ3) is 3.16. The van der Waals surface area contributed by atoms with Crippen LogP contribution in [0.4, 0.5) is 0 Å². The Kier molecular flexibility index (Phi) is 4.09. The van der Waals surface area contributed by atoms with Crippen molar-refractivity contribution < 1.29 is 0 Å². The van der Waals surface area contributed by atoms with Crippen LogP contribution >= 0.6 is 0 Å². The van der Waals surface area contributed by atoms with E-state index in [1.807, 2.05) is 22.6 Å². The van der Waals surface area contributed by atoms with Crippen molar-refractivity contribution in [2.24, 2.45) is 7.05 Å². The number of aromatic nitrogens is 5. The molecule has 18 heavy (non-hydrogen) atoms. The number of likely N-dealkylation sites (N-methyl/N-ethyl adjacent to an activating group) is 1. The Labute approximate surface area is 107 Å². The van der Waals surface area contributed by atoms with Crippen molar-refractivity contribution >= 4 is 0 Å². The number of hydrogen-bond acceptors (Lipinski definition) is 4. The van der Waals surface area contributed by atoms with E-state index in [1.54, 1.807) is 6.33 Å². The van der Waals surface area contributed by atoms with Crippen molar-refractivity contribution in [3.63, 3.8) is 0 Å². The molecule has 0 spiro atoms. The summed E-state index contributed by atoms with van der Waals surface area (Å²) < 4.78 is 3.77. The van der Waals surface area contributed by atoms with Gasteiger partial charge in [-0.15, -0.1) is 0 Å². The second kappa shape index (κ2) is 5.77. The molecule has 2 heterocycles. The molecular formula is C12H20N6. The van der Waals surface area contributed by atoms with Gasteiger partial charge in [-0.25, -0.2) is 9.67 Å². The minimum atomic E-state index is 0.827. The second-order valence-corrected chi connectivity index (χ2v) is 4.50. The van der Waals surface area contributed by atoms with Gasteiger partial charge in [-0.3, -0.25) is 9.58 Å². The summed E-state index contributed by atoms with van der Waals surface area (Å²) in [5.74, 6) is 1.02. The van der Waals surface area contributed by atoms with Crippen LogP contribution in [0.25, 0.3) is 0 Å². The Morgan fingerprint density at radius 1 is 1.33 bits per heavy atom. The largest absolute Gasteiger partial charge is 0.299 e. The zero-order chi connectivity index (χ0) is 13.0. The van der Waals surface area contributed by atoms with E-state index in [1.165, 1.54) is 5.56 Å². The van der Waals surface area contributed by atoms with Crippen LogP contribution < -0.4 is 0 Å². The zero-order valence-corrected chi connectivity index (χ0v) is 11.2. The molecule has 2 rings (SSSR count). The van der Waals surface area contributed by atoms with Gasteiger partial charge in [-0.1, -0.05) is 0 Å². The summed E-state index contributed by atoms with van der Waals surface area (Å²) in [7, 11) is 4.04. The van der Waals surface area contributed by atoms with Crippen LogP contribution in [0.3, 0.4) is 0 Å². The average Bonchev–Trinajstić information content (AvgIpc) is 2.95. The summed E-state index contributed by atoms with van der Waals surface area (Å²) >= 11 is 0. The molecule has 0 aliphatic rings. The fourth-order valence-electron chi connectivity index (χ4n) is 1.92. The summed E-state index contributed by atoms with van der Waals surface area (Å²) in [4.78, 5) is 6.53. The maximum Gasteiger partial charge on any atom is 0.140 e. The summed E-state index contributed by atoms with van der Waals surface area (Å²) in [5, 5.41) is 8.34. The van der Waals surface area contributed by atoms with Gasteiger partial charge in [-0.2, -0.15) is 10.2 Å². The smallest absolute Gasteiger partial charge is 0.140 e. The monoisotopic (exact) mass is 248 g/mol. The lowest BCUT2D eigenvalue weighted by Gasteiger charge is -2.15. The molecule has 6 heteroatoms. The van der Waals surface area contributed by atoms with Crippen molar-refractivity contribution in [3.05, 3.63) is 30.1 Å². The maximum atomic E-state index is 4.28. The molecule has 0 bridgehead atoms. The number of hydrogen-bond donors (Lipinski definition) is 0. The van der Waals surface area contributed by atoms with Gasteiger partial charge in [0.15, 0.2) is 0 Å². The molecule has 6 nitrogen and oxygen atoms in total. The molecule has 0 unspecified atom stereocenters. The van der Waals surface area contributed by atoms with E-state index in [0.29, 0.717) is 0 Å². The Balaban J connectivity index is 1.83. The predicted octanol–water partition coefficient (Wildman–Crippen LogP) is 0.706. The van der Waals surface area contributed by atoms with E-state index in [2.05, 4.69) is 40.2 Å². The minimum Gasteiger partial charge on any atom is -0.299 e. The molecule has 0 atom stereocenters. The molecular weight excluding hydrogens is 228 g/mol. The molecule has 0 aliphatic carbocycles. The lowest BCUT2D eigenvalue weighted by Crippen LogP contribution is -2.23. The van der Waals surface area contributed by atoms with Crippen LogP contribution in [-0.2, 0) is 26.6 Å². The predicted molar refractivity (Wildman–Crippen MR) is 68.9 cm³/mol. The van der Waals surface area contributed by atoms with Gasteiger partial charge in [0.2, 0.25) is 0 Å². The normalized spacial score (nSPS) is 11.3. The van der Waals surface area contributed by atoms with Gasteiger partial charge in [0, 0.05) is 26.3 Å². The topological polar surface area (TPSA) is 51.8 Å². The maximum absolute atomic E-state index is 4.28. The molecule has 0 N–H and O–H groups in total. The zero-order valence-electron chi connectivity index (χ0n) is 11.2. The average molecular weight is 248 g/mol. The van der Waals surface area contributed by atoms with E-state index in [0.717, 1.165) is 31.9 Å². The van der Waals surface area contributed by atoms with Crippen LogP contribution in [-0.4, -0.2) is 43.0 Å². The first-order chi connectivity index (χ1) is 8.69. The quantitative estimate of drug-likeness (QED) is 0.755. The van der Waals surface area contributed by atoms with E-state index in [9.17, 15) is 0 Å². The highest BCUT2D eigenvalue weighted by atomic mass is 15.3. The van der Waals surface area contributed by atoms with Gasteiger partial charge in [-0.05, 0) is 26.0 Å². The lowest BCUT2D eigenvalue weighted by molar-refractivity contribution is 0.314. The summed E-state index contributed by atoms with van der Waals surface area (Å²) in [6.07, 6.45) is 6.60. The highest BCUT2D eigenvalue weighted by Gasteiger charge is 2.07. The molecule has 2 aromatic heterocycles. The van der Waals surface area contributed by atoms with Crippen molar-refractivity contribution in [3.8, 4) is 0 Å². The van der Waals surface area contributed by atoms with E-state index < -0.39 is 0 Å². The van der Waals surface area contributed by atoms with Gasteiger partial charge in [0.25, 0.3) is 0 Å². The molecule has 0 fully saturated rings. The number of aryl methyl sites for hydroxylation is 2. The van der Waals surface area contributed by atoms with Gasteiger partial charge < -0.3 is 0 Å². The molecule has 2 aromatic rings. The minimum absolute atomic E-state index is 0.827. The van der Waals surface area contributed by atoms with Crippen LogP contribution in [0.15, 0.2) is 18.7 Å². The standard InChI is InChI=1S/C12H20N6/c1-4-18-12(13-10-15-18)9-16(2)6-5-11-7-14-17(3)8-11/h7-8,10H,4-6,9H2,1-3H3. The van der Waals surface area contributed by atoms with Crippen molar-refractivity contribution in [1.29, 1.82) is 0 Å². The molecule has 0 amide bonds.